The van der Waals surface area contributed by atoms with E-state index in [1.807, 2.05) is 12.3 Å². The van der Waals surface area contributed by atoms with Gasteiger partial charge in [0.05, 0.1) is 16.9 Å². The van der Waals surface area contributed by atoms with Crippen LogP contribution in [0.25, 0.3) is 5.69 Å². The van der Waals surface area contributed by atoms with Gasteiger partial charge in [0.15, 0.2) is 0 Å². The van der Waals surface area contributed by atoms with Crippen LogP contribution in [-0.4, -0.2) is 15.7 Å². The lowest BCUT2D eigenvalue weighted by molar-refractivity contribution is 0.100. The molecule has 0 bridgehead atoms. The van der Waals surface area contributed by atoms with Crippen molar-refractivity contribution in [2.24, 2.45) is 5.73 Å². The van der Waals surface area contributed by atoms with E-state index >= 15 is 0 Å². The van der Waals surface area contributed by atoms with Gasteiger partial charge in [-0.3, -0.25) is 4.79 Å². The molecule has 100 valence electrons. The van der Waals surface area contributed by atoms with Gasteiger partial charge in [-0.2, -0.15) is 5.10 Å². The van der Waals surface area contributed by atoms with Gasteiger partial charge >= 0.3 is 0 Å². The van der Waals surface area contributed by atoms with Gasteiger partial charge in [-0.1, -0.05) is 13.8 Å². The average Bonchev–Trinajstić information content (AvgIpc) is 2.77. The molecule has 0 unspecified atom stereocenters. The normalized spacial score (nSPS) is 10.9. The third kappa shape index (κ3) is 2.63. The summed E-state index contributed by atoms with van der Waals surface area (Å²) in [5, 5.41) is 4.46. The van der Waals surface area contributed by atoms with Crippen molar-refractivity contribution in [2.75, 3.05) is 5.73 Å². The second-order valence-corrected chi connectivity index (χ2v) is 5.45. The van der Waals surface area contributed by atoms with Crippen LogP contribution in [0.1, 0.15) is 35.8 Å². The minimum absolute atomic E-state index is 0.291. The summed E-state index contributed by atoms with van der Waals surface area (Å²) in [4.78, 5) is 11.3. The average molecular weight is 323 g/mol. The summed E-state index contributed by atoms with van der Waals surface area (Å²) in [5.74, 6) is -0.216. The molecule has 0 aliphatic rings. The number of carbonyl (C=O) groups excluding carboxylic acids is 1. The van der Waals surface area contributed by atoms with E-state index in [0.717, 1.165) is 15.9 Å². The van der Waals surface area contributed by atoms with Gasteiger partial charge in [0.25, 0.3) is 5.91 Å². The van der Waals surface area contributed by atoms with Crippen LogP contribution < -0.4 is 11.5 Å². The first kappa shape index (κ1) is 13.6. The Kier molecular flexibility index (Phi) is 3.61. The first-order chi connectivity index (χ1) is 8.90. The predicted molar refractivity (Wildman–Crippen MR) is 78.3 cm³/mol. The van der Waals surface area contributed by atoms with E-state index < -0.39 is 5.91 Å². The number of aromatic nitrogens is 2. The Morgan fingerprint density at radius 2 is 2.11 bits per heavy atom. The molecule has 4 N–H and O–H groups in total. The molecular weight excluding hydrogens is 308 g/mol. The van der Waals surface area contributed by atoms with E-state index in [4.69, 9.17) is 11.5 Å². The topological polar surface area (TPSA) is 86.9 Å². The van der Waals surface area contributed by atoms with Gasteiger partial charge < -0.3 is 11.5 Å². The molecule has 2 rings (SSSR count). The van der Waals surface area contributed by atoms with E-state index in [-0.39, 0.29) is 0 Å². The van der Waals surface area contributed by atoms with Gasteiger partial charge in [-0.05, 0) is 40.0 Å². The minimum Gasteiger partial charge on any atom is -0.398 e. The minimum atomic E-state index is -0.553. The molecule has 0 aliphatic carbocycles. The van der Waals surface area contributed by atoms with Gasteiger partial charge in [-0.25, -0.2) is 4.68 Å². The molecule has 0 saturated carbocycles. The van der Waals surface area contributed by atoms with Crippen LogP contribution in [-0.2, 0) is 0 Å². The lowest BCUT2D eigenvalue weighted by Gasteiger charge is -2.09. The van der Waals surface area contributed by atoms with Crippen LogP contribution in [0.4, 0.5) is 5.69 Å². The van der Waals surface area contributed by atoms with Crippen LogP contribution in [0.3, 0.4) is 0 Å². The third-order valence-electron chi connectivity index (χ3n) is 2.83. The molecule has 5 nitrogen and oxygen atoms in total. The van der Waals surface area contributed by atoms with Gasteiger partial charge in [0.2, 0.25) is 0 Å². The highest BCUT2D eigenvalue weighted by atomic mass is 79.9. The lowest BCUT2D eigenvalue weighted by atomic mass is 10.1. The lowest BCUT2D eigenvalue weighted by Crippen LogP contribution is -2.14. The van der Waals surface area contributed by atoms with E-state index in [0.29, 0.717) is 17.2 Å². The number of carbonyl (C=O) groups is 1. The smallest absolute Gasteiger partial charge is 0.250 e. The summed E-state index contributed by atoms with van der Waals surface area (Å²) in [7, 11) is 0. The number of nitrogens with two attached hydrogens (primary N) is 2. The molecule has 2 aromatic rings. The number of halogens is 1. The fraction of sp³-hybridized carbons (Fsp3) is 0.231. The number of amides is 1. The molecule has 0 saturated heterocycles. The number of rotatable bonds is 3. The van der Waals surface area contributed by atoms with Crippen molar-refractivity contribution in [2.45, 2.75) is 19.8 Å². The molecule has 1 amide bonds. The first-order valence-electron chi connectivity index (χ1n) is 5.85. The Morgan fingerprint density at radius 1 is 1.42 bits per heavy atom. The van der Waals surface area contributed by atoms with Gasteiger partial charge in [-0.15, -0.1) is 0 Å². The van der Waals surface area contributed by atoms with Crippen molar-refractivity contribution >= 4 is 27.5 Å². The first-order valence-corrected chi connectivity index (χ1v) is 6.64. The van der Waals surface area contributed by atoms with Crippen molar-refractivity contribution in [1.29, 1.82) is 0 Å². The van der Waals surface area contributed by atoms with Crippen molar-refractivity contribution < 1.29 is 4.79 Å². The van der Waals surface area contributed by atoms with Gasteiger partial charge in [0, 0.05) is 16.4 Å². The highest BCUT2D eigenvalue weighted by Crippen LogP contribution is 2.27. The molecule has 1 aromatic carbocycles. The van der Waals surface area contributed by atoms with E-state index in [9.17, 15) is 4.79 Å². The number of benzene rings is 1. The second kappa shape index (κ2) is 5.05. The SMILES string of the molecule is CC(C)c1ccn(-c2cc(C(N)=O)c(N)cc2Br)n1. The molecule has 0 spiro atoms. The zero-order chi connectivity index (χ0) is 14.2. The maximum atomic E-state index is 11.3. The Balaban J connectivity index is 2.54. The number of hydrogen-bond acceptors (Lipinski definition) is 3. The highest BCUT2D eigenvalue weighted by molar-refractivity contribution is 9.10. The van der Waals surface area contributed by atoms with Crippen LogP contribution in [0.15, 0.2) is 28.9 Å². The van der Waals surface area contributed by atoms with Crippen LogP contribution in [0.5, 0.6) is 0 Å². The number of primary amides is 1. The summed E-state index contributed by atoms with van der Waals surface area (Å²) in [6.07, 6.45) is 1.84. The maximum absolute atomic E-state index is 11.3. The Morgan fingerprint density at radius 3 is 2.63 bits per heavy atom. The summed E-state index contributed by atoms with van der Waals surface area (Å²) in [5.41, 5.74) is 13.4. The molecule has 0 aliphatic heterocycles. The summed E-state index contributed by atoms with van der Waals surface area (Å²) < 4.78 is 2.46. The molecule has 0 radical (unpaired) electrons. The molecule has 1 heterocycles. The number of nitrogen functional groups attached to an aromatic ring is 1. The monoisotopic (exact) mass is 322 g/mol. The quantitative estimate of drug-likeness (QED) is 0.851. The van der Waals surface area contributed by atoms with Crippen molar-refractivity contribution in [3.63, 3.8) is 0 Å². The summed E-state index contributed by atoms with van der Waals surface area (Å²) >= 11 is 3.42. The third-order valence-corrected chi connectivity index (χ3v) is 3.47. The number of hydrogen-bond donors (Lipinski definition) is 2. The van der Waals surface area contributed by atoms with Crippen molar-refractivity contribution in [3.05, 3.63) is 40.1 Å². The van der Waals surface area contributed by atoms with Crippen LogP contribution in [0, 0.1) is 0 Å². The summed E-state index contributed by atoms with van der Waals surface area (Å²) in [6.45, 7) is 4.14. The largest absolute Gasteiger partial charge is 0.398 e. The summed E-state index contributed by atoms with van der Waals surface area (Å²) in [6, 6.07) is 5.24. The van der Waals surface area contributed by atoms with Gasteiger partial charge in [0.1, 0.15) is 0 Å². The predicted octanol–water partition coefficient (Wildman–Crippen LogP) is 2.44. The standard InChI is InChI=1S/C13H15BrN4O/c1-7(2)11-3-4-18(17-11)12-5-8(13(16)19)10(15)6-9(12)14/h3-7H,15H2,1-2H3,(H2,16,19). The van der Waals surface area contributed by atoms with Crippen molar-refractivity contribution in [3.8, 4) is 5.69 Å². The zero-order valence-corrected chi connectivity index (χ0v) is 12.3. The molecule has 0 fully saturated rings. The molecule has 1 aromatic heterocycles. The second-order valence-electron chi connectivity index (χ2n) is 4.59. The number of nitrogens with zero attached hydrogens (tertiary/aromatic N) is 2. The molecular formula is C13H15BrN4O. The Bertz CT molecular complexity index is 634. The fourth-order valence-corrected chi connectivity index (χ4v) is 2.29. The fourth-order valence-electron chi connectivity index (χ4n) is 1.75. The molecule has 6 heteroatoms. The molecule has 0 atom stereocenters. The highest BCUT2D eigenvalue weighted by Gasteiger charge is 2.13. The van der Waals surface area contributed by atoms with E-state index in [1.54, 1.807) is 16.8 Å². The zero-order valence-electron chi connectivity index (χ0n) is 10.7. The van der Waals surface area contributed by atoms with Crippen LogP contribution >= 0.6 is 15.9 Å². The van der Waals surface area contributed by atoms with E-state index in [1.165, 1.54) is 0 Å². The Hall–Kier alpha value is -1.82. The number of anilines is 1. The molecule has 19 heavy (non-hydrogen) atoms. The van der Waals surface area contributed by atoms with Crippen LogP contribution in [0.2, 0.25) is 0 Å². The Labute approximate surface area is 119 Å². The van der Waals surface area contributed by atoms with Crippen molar-refractivity contribution in [1.82, 2.24) is 9.78 Å². The van der Waals surface area contributed by atoms with E-state index in [2.05, 4.69) is 34.9 Å². The maximum Gasteiger partial charge on any atom is 0.250 e.